The molecule has 1 atom stereocenters. The number of fused-ring (bicyclic) bond motifs is 1. The minimum atomic E-state index is -1.37. The Morgan fingerprint density at radius 1 is 0.845 bits per heavy atom. The van der Waals surface area contributed by atoms with Gasteiger partial charge >= 0.3 is 6.03 Å². The molecule has 0 aliphatic carbocycles. The van der Waals surface area contributed by atoms with E-state index in [2.05, 4.69) is 73.6 Å². The van der Waals surface area contributed by atoms with E-state index in [1.807, 2.05) is 36.4 Å². The number of anilines is 5. The lowest BCUT2D eigenvalue weighted by Crippen LogP contribution is -2.46. The summed E-state index contributed by atoms with van der Waals surface area (Å²) in [5, 5.41) is 13.5. The molecule has 0 radical (unpaired) electrons. The van der Waals surface area contributed by atoms with Crippen molar-refractivity contribution in [1.82, 2.24) is 25.1 Å². The standard InChI is InChI=1S/C42H51N9O6S/c1-42(2,3)27-24-33(38(56-6)34(25-27)49-58(7)54)47-41(53)46-32-14-15-35(30-11-9-8-10-29(30)32)57-37-16-17-44-40(48-37)45-28-12-13-31(36(26-28)55-5)39(52)43-18-19-51-22-20-50(4)21-23-51/h8-17,24-26,49H,18-23H2,1-7H3,(H,43,52)(H,44,45,48)(H2,46,47,53). The van der Waals surface area contributed by atoms with Crippen molar-refractivity contribution in [1.29, 1.82) is 0 Å². The topological polar surface area (TPSA) is 171 Å². The van der Waals surface area contributed by atoms with Crippen molar-refractivity contribution in [2.45, 2.75) is 26.2 Å². The normalized spacial score (nSPS) is 14.0. The van der Waals surface area contributed by atoms with Crippen LogP contribution in [0.25, 0.3) is 10.8 Å². The number of benzene rings is 4. The number of piperazine rings is 1. The van der Waals surface area contributed by atoms with Gasteiger partial charge in [0, 0.05) is 80.3 Å². The van der Waals surface area contributed by atoms with Gasteiger partial charge in [-0.15, -0.1) is 0 Å². The minimum Gasteiger partial charge on any atom is -0.496 e. The maximum Gasteiger partial charge on any atom is 0.323 e. The third-order valence-electron chi connectivity index (χ3n) is 9.65. The number of urea groups is 1. The number of amides is 3. The van der Waals surface area contributed by atoms with Gasteiger partial charge in [0.1, 0.15) is 22.5 Å². The molecule has 58 heavy (non-hydrogen) atoms. The summed E-state index contributed by atoms with van der Waals surface area (Å²) < 4.78 is 32.5. The zero-order valence-electron chi connectivity index (χ0n) is 33.9. The molecule has 1 saturated heterocycles. The van der Waals surface area contributed by atoms with Gasteiger partial charge in [0.2, 0.25) is 11.8 Å². The number of carbonyl (C=O) groups is 2. The molecule has 4 aromatic carbocycles. The van der Waals surface area contributed by atoms with Crippen molar-refractivity contribution < 1.29 is 28.0 Å². The second-order valence-corrected chi connectivity index (χ2v) is 16.0. The van der Waals surface area contributed by atoms with Crippen LogP contribution < -0.4 is 40.2 Å². The zero-order valence-corrected chi connectivity index (χ0v) is 34.7. The van der Waals surface area contributed by atoms with Crippen LogP contribution in [-0.2, 0) is 16.4 Å². The lowest BCUT2D eigenvalue weighted by molar-refractivity contribution is 0.0938. The number of aromatic nitrogens is 2. The lowest BCUT2D eigenvalue weighted by atomic mass is 9.86. The molecule has 16 heteroatoms. The molecule has 1 fully saturated rings. The zero-order chi connectivity index (χ0) is 41.4. The van der Waals surface area contributed by atoms with Gasteiger partial charge in [-0.3, -0.25) is 9.69 Å². The number of ether oxygens (including phenoxy) is 3. The SMILES string of the molecule is COc1cc(Nc2nccc(Oc3ccc(NC(=O)Nc4cc(C(C)(C)C)cc(NS(C)=O)c4OC)c4ccccc34)n2)ccc1C(=O)NCCN1CCN(C)CC1. The summed E-state index contributed by atoms with van der Waals surface area (Å²) in [5.41, 5.74) is 3.17. The highest BCUT2D eigenvalue weighted by Crippen LogP contribution is 2.40. The summed E-state index contributed by atoms with van der Waals surface area (Å²) in [6.07, 6.45) is 3.11. The molecular weight excluding hydrogens is 759 g/mol. The van der Waals surface area contributed by atoms with E-state index in [-0.39, 0.29) is 23.2 Å². The fraction of sp³-hybridized carbons (Fsp3) is 0.333. The van der Waals surface area contributed by atoms with E-state index in [0.29, 0.717) is 52.1 Å². The molecule has 0 saturated carbocycles. The van der Waals surface area contributed by atoms with Crippen LogP contribution in [0.4, 0.5) is 33.5 Å². The van der Waals surface area contributed by atoms with E-state index in [0.717, 1.165) is 49.1 Å². The molecule has 1 aromatic heterocycles. The van der Waals surface area contributed by atoms with Gasteiger partial charge < -0.3 is 45.1 Å². The first-order valence-electron chi connectivity index (χ1n) is 18.9. The van der Waals surface area contributed by atoms with Crippen molar-refractivity contribution in [3.63, 3.8) is 0 Å². The Morgan fingerprint density at radius 2 is 1.57 bits per heavy atom. The summed E-state index contributed by atoms with van der Waals surface area (Å²) >= 11 is 0. The first-order valence-corrected chi connectivity index (χ1v) is 20.4. The highest BCUT2D eigenvalue weighted by molar-refractivity contribution is 7.85. The van der Waals surface area contributed by atoms with E-state index in [4.69, 9.17) is 14.2 Å². The van der Waals surface area contributed by atoms with Gasteiger partial charge in [-0.25, -0.2) is 14.0 Å². The summed E-state index contributed by atoms with van der Waals surface area (Å²) in [6, 6.07) is 21.1. The third kappa shape index (κ3) is 10.5. The van der Waals surface area contributed by atoms with Gasteiger partial charge in [-0.05, 0) is 54.4 Å². The first-order chi connectivity index (χ1) is 27.8. The average molecular weight is 810 g/mol. The Hall–Kier alpha value is -5.97. The lowest BCUT2D eigenvalue weighted by Gasteiger charge is -2.32. The van der Waals surface area contributed by atoms with Gasteiger partial charge in [-0.2, -0.15) is 4.98 Å². The highest BCUT2D eigenvalue weighted by atomic mass is 32.2. The van der Waals surface area contributed by atoms with Crippen LogP contribution in [0.5, 0.6) is 23.1 Å². The second-order valence-electron chi connectivity index (χ2n) is 14.9. The summed E-state index contributed by atoms with van der Waals surface area (Å²) in [7, 11) is 3.77. The van der Waals surface area contributed by atoms with Crippen LogP contribution >= 0.6 is 0 Å². The second kappa shape index (κ2) is 18.5. The summed E-state index contributed by atoms with van der Waals surface area (Å²) in [6.45, 7) is 11.5. The molecule has 3 amide bonds. The summed E-state index contributed by atoms with van der Waals surface area (Å²) in [5.74, 6) is 1.64. The molecule has 15 nitrogen and oxygen atoms in total. The van der Waals surface area contributed by atoms with E-state index in [1.165, 1.54) is 20.5 Å². The largest absolute Gasteiger partial charge is 0.496 e. The predicted molar refractivity (Wildman–Crippen MR) is 231 cm³/mol. The van der Waals surface area contributed by atoms with Crippen LogP contribution in [0, 0.1) is 0 Å². The number of hydrogen-bond donors (Lipinski definition) is 5. The average Bonchev–Trinajstić information content (AvgIpc) is 3.19. The van der Waals surface area contributed by atoms with Gasteiger partial charge in [0.05, 0.1) is 36.8 Å². The molecule has 5 N–H and O–H groups in total. The number of nitrogens with zero attached hydrogens (tertiary/aromatic N) is 4. The summed E-state index contributed by atoms with van der Waals surface area (Å²) in [4.78, 5) is 40.1. The van der Waals surface area contributed by atoms with Crippen LogP contribution in [0.15, 0.2) is 79.0 Å². The van der Waals surface area contributed by atoms with Gasteiger partial charge in [0.25, 0.3) is 5.91 Å². The van der Waals surface area contributed by atoms with Crippen molar-refractivity contribution in [2.24, 2.45) is 0 Å². The molecule has 0 spiro atoms. The quantitative estimate of drug-likeness (QED) is 0.0799. The predicted octanol–water partition coefficient (Wildman–Crippen LogP) is 6.81. The van der Waals surface area contributed by atoms with E-state index in [9.17, 15) is 13.8 Å². The number of carbonyl (C=O) groups excluding carboxylic acids is 2. The Bertz CT molecular complexity index is 2290. The molecule has 1 aliphatic rings. The fourth-order valence-corrected chi connectivity index (χ4v) is 6.96. The third-order valence-corrected chi connectivity index (χ3v) is 10.2. The molecule has 0 bridgehead atoms. The van der Waals surface area contributed by atoms with Crippen molar-refractivity contribution in [3.05, 3.63) is 90.1 Å². The minimum absolute atomic E-state index is 0.206. The number of nitrogens with one attached hydrogen (secondary N) is 5. The van der Waals surface area contributed by atoms with Crippen LogP contribution in [0.2, 0.25) is 0 Å². The van der Waals surface area contributed by atoms with Gasteiger partial charge in [0.15, 0.2) is 5.75 Å². The van der Waals surface area contributed by atoms with Crippen molar-refractivity contribution >= 4 is 62.4 Å². The van der Waals surface area contributed by atoms with E-state index in [1.54, 1.807) is 42.6 Å². The number of likely N-dealkylation sites (N-methyl/N-ethyl adjacent to an activating group) is 1. The molecule has 5 aromatic rings. The molecule has 1 aliphatic heterocycles. The molecular formula is C42H51N9O6S. The smallest absolute Gasteiger partial charge is 0.323 e. The van der Waals surface area contributed by atoms with Crippen LogP contribution in [0.1, 0.15) is 36.7 Å². The molecule has 2 heterocycles. The van der Waals surface area contributed by atoms with Crippen LogP contribution in [-0.4, -0.2) is 103 Å². The van der Waals surface area contributed by atoms with Crippen LogP contribution in [0.3, 0.4) is 0 Å². The monoisotopic (exact) mass is 809 g/mol. The van der Waals surface area contributed by atoms with E-state index >= 15 is 0 Å². The molecule has 306 valence electrons. The maximum absolute atomic E-state index is 13.5. The first kappa shape index (κ1) is 41.7. The van der Waals surface area contributed by atoms with Gasteiger partial charge in [-0.1, -0.05) is 45.0 Å². The molecule has 1 unspecified atom stereocenters. The highest BCUT2D eigenvalue weighted by Gasteiger charge is 2.22. The van der Waals surface area contributed by atoms with E-state index < -0.39 is 17.0 Å². The number of hydrogen-bond acceptors (Lipinski definition) is 11. The Labute approximate surface area is 341 Å². The Morgan fingerprint density at radius 3 is 2.28 bits per heavy atom. The number of methoxy groups -OCH3 is 2. The number of rotatable bonds is 14. The van der Waals surface area contributed by atoms with Crippen molar-refractivity contribution in [3.8, 4) is 23.1 Å². The Kier molecular flexibility index (Phi) is 13.3. The Balaban J connectivity index is 1.13. The molecule has 6 rings (SSSR count). The van der Waals surface area contributed by atoms with Crippen molar-refractivity contribution in [2.75, 3.05) is 87.5 Å². The maximum atomic E-state index is 13.5. The fourth-order valence-electron chi connectivity index (χ4n) is 6.50.